The Bertz CT molecular complexity index is 704. The van der Waals surface area contributed by atoms with E-state index < -0.39 is 5.97 Å². The largest absolute Gasteiger partial charge is 0.454 e. The minimum absolute atomic E-state index is 0.272. The highest BCUT2D eigenvalue weighted by molar-refractivity contribution is 6.10. The van der Waals surface area contributed by atoms with E-state index in [9.17, 15) is 14.4 Å². The molecule has 132 valence electrons. The van der Waals surface area contributed by atoms with Gasteiger partial charge in [-0.25, -0.2) is 0 Å². The molecule has 0 aromatic heterocycles. The summed E-state index contributed by atoms with van der Waals surface area (Å²) in [5.41, 5.74) is 2.52. The van der Waals surface area contributed by atoms with Crippen molar-refractivity contribution >= 4 is 23.5 Å². The molecular formula is C19H22N2O4. The van der Waals surface area contributed by atoms with E-state index in [2.05, 4.69) is 13.2 Å². The lowest BCUT2D eigenvalue weighted by atomic mass is 10.1. The van der Waals surface area contributed by atoms with Gasteiger partial charge in [0.25, 0.3) is 11.8 Å². The molecule has 0 spiro atoms. The molecule has 1 aromatic rings. The van der Waals surface area contributed by atoms with Crippen molar-refractivity contribution in [3.8, 4) is 0 Å². The van der Waals surface area contributed by atoms with Crippen LogP contribution in [0.5, 0.6) is 0 Å². The van der Waals surface area contributed by atoms with Crippen molar-refractivity contribution in [2.75, 3.05) is 26.2 Å². The van der Waals surface area contributed by atoms with Gasteiger partial charge in [0.2, 0.25) is 0 Å². The van der Waals surface area contributed by atoms with Crippen LogP contribution in [0.15, 0.2) is 43.0 Å². The molecule has 0 N–H and O–H groups in total. The SMILES string of the molecule is C=C(C)CN(CC)C(=O)COC(=O)CN1C(=C)c2ccccc2C1=O. The highest BCUT2D eigenvalue weighted by atomic mass is 16.5. The third-order valence-corrected chi connectivity index (χ3v) is 3.88. The van der Waals surface area contributed by atoms with E-state index in [1.165, 1.54) is 4.90 Å². The molecule has 0 unspecified atom stereocenters. The van der Waals surface area contributed by atoms with Crippen LogP contribution < -0.4 is 0 Å². The molecular weight excluding hydrogens is 320 g/mol. The van der Waals surface area contributed by atoms with Crippen LogP contribution in [-0.4, -0.2) is 53.8 Å². The molecule has 6 heteroatoms. The Kier molecular flexibility index (Phi) is 5.75. The molecule has 1 heterocycles. The normalized spacial score (nSPS) is 12.8. The summed E-state index contributed by atoms with van der Waals surface area (Å²) in [4.78, 5) is 39.2. The molecule has 0 radical (unpaired) electrons. The third kappa shape index (κ3) is 4.15. The molecule has 1 aromatic carbocycles. The van der Waals surface area contributed by atoms with Gasteiger partial charge in [0.1, 0.15) is 6.54 Å². The smallest absolute Gasteiger partial charge is 0.326 e. The molecule has 0 bridgehead atoms. The van der Waals surface area contributed by atoms with Crippen molar-refractivity contribution < 1.29 is 19.1 Å². The summed E-state index contributed by atoms with van der Waals surface area (Å²) in [5.74, 6) is -1.24. The lowest BCUT2D eigenvalue weighted by Crippen LogP contribution is -2.37. The molecule has 0 fully saturated rings. The maximum Gasteiger partial charge on any atom is 0.326 e. The second-order valence-electron chi connectivity index (χ2n) is 5.91. The Balaban J connectivity index is 1.91. The zero-order valence-corrected chi connectivity index (χ0v) is 14.6. The van der Waals surface area contributed by atoms with E-state index in [1.807, 2.05) is 13.8 Å². The number of hydrogen-bond donors (Lipinski definition) is 0. The zero-order chi connectivity index (χ0) is 18.6. The number of carbonyl (C=O) groups is 3. The topological polar surface area (TPSA) is 66.9 Å². The average molecular weight is 342 g/mol. The molecule has 1 aliphatic rings. The molecule has 25 heavy (non-hydrogen) atoms. The molecule has 2 rings (SSSR count). The monoisotopic (exact) mass is 342 g/mol. The number of fused-ring (bicyclic) bond motifs is 1. The number of nitrogens with zero attached hydrogens (tertiary/aromatic N) is 2. The fraction of sp³-hybridized carbons (Fsp3) is 0.316. The van der Waals surface area contributed by atoms with Crippen LogP contribution in [0.4, 0.5) is 0 Å². The zero-order valence-electron chi connectivity index (χ0n) is 14.6. The minimum atomic E-state index is -0.651. The van der Waals surface area contributed by atoms with E-state index in [-0.39, 0.29) is 25.0 Å². The summed E-state index contributed by atoms with van der Waals surface area (Å²) in [6.45, 7) is 11.6. The van der Waals surface area contributed by atoms with Gasteiger partial charge < -0.3 is 9.64 Å². The van der Waals surface area contributed by atoms with Gasteiger partial charge in [0.15, 0.2) is 6.61 Å². The van der Waals surface area contributed by atoms with Crippen LogP contribution in [0.2, 0.25) is 0 Å². The van der Waals surface area contributed by atoms with E-state index in [0.717, 1.165) is 5.57 Å². The van der Waals surface area contributed by atoms with Gasteiger partial charge in [-0.3, -0.25) is 19.3 Å². The Morgan fingerprint density at radius 1 is 1.24 bits per heavy atom. The number of carbonyl (C=O) groups excluding carboxylic acids is 3. The van der Waals surface area contributed by atoms with Crippen LogP contribution in [0, 0.1) is 0 Å². The number of likely N-dealkylation sites (N-methyl/N-ethyl adjacent to an activating group) is 1. The molecule has 0 atom stereocenters. The number of benzene rings is 1. The standard InChI is InChI=1S/C19H22N2O4/c1-5-20(10-13(2)3)17(22)12-25-18(23)11-21-14(4)15-8-6-7-9-16(15)19(21)24/h6-9H,2,4-5,10-12H2,1,3H3. The van der Waals surface area contributed by atoms with Crippen LogP contribution >= 0.6 is 0 Å². The van der Waals surface area contributed by atoms with Gasteiger partial charge in [-0.05, 0) is 19.9 Å². The molecule has 2 amide bonds. The van der Waals surface area contributed by atoms with Gasteiger partial charge in [-0.2, -0.15) is 0 Å². The summed E-state index contributed by atoms with van der Waals surface area (Å²) in [6.07, 6.45) is 0. The summed E-state index contributed by atoms with van der Waals surface area (Å²) in [6, 6.07) is 7.03. The predicted octanol–water partition coefficient (Wildman–Crippen LogP) is 2.08. The lowest BCUT2D eigenvalue weighted by molar-refractivity contribution is -0.151. The number of ether oxygens (including phenoxy) is 1. The van der Waals surface area contributed by atoms with Crippen molar-refractivity contribution in [3.05, 3.63) is 54.1 Å². The van der Waals surface area contributed by atoms with Crippen molar-refractivity contribution in [2.45, 2.75) is 13.8 Å². The van der Waals surface area contributed by atoms with E-state index in [1.54, 1.807) is 29.2 Å². The highest BCUT2D eigenvalue weighted by Crippen LogP contribution is 2.30. The molecule has 1 aliphatic heterocycles. The fourth-order valence-electron chi connectivity index (χ4n) is 2.61. The van der Waals surface area contributed by atoms with Crippen LogP contribution in [-0.2, 0) is 14.3 Å². The Labute approximate surface area is 147 Å². The first-order valence-electron chi connectivity index (χ1n) is 8.03. The molecule has 0 aliphatic carbocycles. The van der Waals surface area contributed by atoms with Crippen molar-refractivity contribution in [3.63, 3.8) is 0 Å². The summed E-state index contributed by atoms with van der Waals surface area (Å²) in [5, 5.41) is 0. The Morgan fingerprint density at radius 2 is 1.88 bits per heavy atom. The van der Waals surface area contributed by atoms with E-state index >= 15 is 0 Å². The van der Waals surface area contributed by atoms with Crippen molar-refractivity contribution in [1.82, 2.24) is 9.80 Å². The number of rotatable bonds is 7. The van der Waals surface area contributed by atoms with E-state index in [4.69, 9.17) is 4.74 Å². The molecule has 0 saturated carbocycles. The predicted molar refractivity (Wildman–Crippen MR) is 94.5 cm³/mol. The first kappa shape index (κ1) is 18.4. The lowest BCUT2D eigenvalue weighted by Gasteiger charge is -2.21. The van der Waals surface area contributed by atoms with Crippen LogP contribution in [0.3, 0.4) is 0 Å². The van der Waals surface area contributed by atoms with Gasteiger partial charge in [-0.15, -0.1) is 0 Å². The second-order valence-corrected chi connectivity index (χ2v) is 5.91. The van der Waals surface area contributed by atoms with Gasteiger partial charge >= 0.3 is 5.97 Å². The van der Waals surface area contributed by atoms with Crippen molar-refractivity contribution in [2.24, 2.45) is 0 Å². The Hall–Kier alpha value is -2.89. The van der Waals surface area contributed by atoms with Crippen LogP contribution in [0.1, 0.15) is 29.8 Å². The number of amides is 2. The Morgan fingerprint density at radius 3 is 2.44 bits per heavy atom. The quantitative estimate of drug-likeness (QED) is 0.562. The third-order valence-electron chi connectivity index (χ3n) is 3.88. The summed E-state index contributed by atoms with van der Waals surface area (Å²) >= 11 is 0. The van der Waals surface area contributed by atoms with Gasteiger partial charge in [0, 0.05) is 29.9 Å². The molecule has 6 nitrogen and oxygen atoms in total. The maximum absolute atomic E-state index is 12.3. The summed E-state index contributed by atoms with van der Waals surface area (Å²) in [7, 11) is 0. The van der Waals surface area contributed by atoms with Gasteiger partial charge in [0.05, 0.1) is 0 Å². The fourth-order valence-corrected chi connectivity index (χ4v) is 2.61. The first-order valence-corrected chi connectivity index (χ1v) is 8.03. The van der Waals surface area contributed by atoms with E-state index in [0.29, 0.717) is 29.9 Å². The van der Waals surface area contributed by atoms with Gasteiger partial charge in [-0.1, -0.05) is 36.9 Å². The van der Waals surface area contributed by atoms with Crippen LogP contribution in [0.25, 0.3) is 5.70 Å². The molecule has 0 saturated heterocycles. The second kappa shape index (κ2) is 7.79. The number of esters is 1. The minimum Gasteiger partial charge on any atom is -0.454 e. The maximum atomic E-state index is 12.3. The summed E-state index contributed by atoms with van der Waals surface area (Å²) < 4.78 is 5.03. The van der Waals surface area contributed by atoms with Crippen molar-refractivity contribution in [1.29, 1.82) is 0 Å². The first-order chi connectivity index (χ1) is 11.8. The number of hydrogen-bond acceptors (Lipinski definition) is 4. The highest BCUT2D eigenvalue weighted by Gasteiger charge is 2.32. The average Bonchev–Trinajstić information content (AvgIpc) is 2.82.